The average Bonchev–Trinajstić information content (AvgIpc) is 2.81. The molecule has 5 heteroatoms. The van der Waals surface area contributed by atoms with Gasteiger partial charge in [0.25, 0.3) is 0 Å². The topological polar surface area (TPSA) is 58.4 Å². The fourth-order valence-corrected chi connectivity index (χ4v) is 2.57. The molecular weight excluding hydrogens is 230 g/mol. The molecule has 2 atom stereocenters. The first-order valence-electron chi connectivity index (χ1n) is 6.25. The lowest BCUT2D eigenvalue weighted by molar-refractivity contribution is -0.141. The van der Waals surface area contributed by atoms with Crippen LogP contribution in [-0.4, -0.2) is 44.4 Å². The lowest BCUT2D eigenvalue weighted by atomic mass is 9.91. The van der Waals surface area contributed by atoms with Gasteiger partial charge in [-0.15, -0.1) is 0 Å². The zero-order valence-electron chi connectivity index (χ0n) is 11.4. The molecule has 2 rings (SSSR count). The number of carboxylic acid groups (broad SMARTS) is 1. The van der Waals surface area contributed by atoms with Crippen molar-refractivity contribution in [3.8, 4) is 0 Å². The Morgan fingerprint density at radius 3 is 2.56 bits per heavy atom. The highest BCUT2D eigenvalue weighted by Gasteiger charge is 2.42. The smallest absolute Gasteiger partial charge is 0.308 e. The molecule has 18 heavy (non-hydrogen) atoms. The van der Waals surface area contributed by atoms with Crippen LogP contribution >= 0.6 is 0 Å². The van der Waals surface area contributed by atoms with Crippen LogP contribution in [0, 0.1) is 5.92 Å². The number of rotatable bonds is 2. The van der Waals surface area contributed by atoms with Crippen molar-refractivity contribution in [1.29, 1.82) is 0 Å². The fourth-order valence-electron chi connectivity index (χ4n) is 2.57. The zero-order chi connectivity index (χ0) is 13.5. The van der Waals surface area contributed by atoms with Gasteiger partial charge < -0.3 is 5.11 Å². The molecule has 1 aliphatic rings. The second-order valence-electron chi connectivity index (χ2n) is 6.07. The Morgan fingerprint density at radius 2 is 2.11 bits per heavy atom. The lowest BCUT2D eigenvalue weighted by Crippen LogP contribution is -2.40. The van der Waals surface area contributed by atoms with Gasteiger partial charge in [0, 0.05) is 37.8 Å². The Balaban J connectivity index is 2.25. The summed E-state index contributed by atoms with van der Waals surface area (Å²) in [5.74, 6) is -1.01. The third kappa shape index (κ3) is 2.41. The van der Waals surface area contributed by atoms with Gasteiger partial charge in [-0.3, -0.25) is 14.4 Å². The molecule has 1 aromatic rings. The molecule has 0 bridgehead atoms. The maximum atomic E-state index is 11.4. The van der Waals surface area contributed by atoms with E-state index in [4.69, 9.17) is 0 Å². The second-order valence-corrected chi connectivity index (χ2v) is 6.07. The van der Waals surface area contributed by atoms with Crippen molar-refractivity contribution in [3.05, 3.63) is 18.0 Å². The van der Waals surface area contributed by atoms with Crippen LogP contribution in [0.2, 0.25) is 0 Å². The summed E-state index contributed by atoms with van der Waals surface area (Å²) >= 11 is 0. The Morgan fingerprint density at radius 1 is 1.44 bits per heavy atom. The van der Waals surface area contributed by atoms with Gasteiger partial charge in [0.1, 0.15) is 0 Å². The number of likely N-dealkylation sites (tertiary alicyclic amines) is 1. The Kier molecular flexibility index (Phi) is 3.19. The van der Waals surface area contributed by atoms with E-state index in [2.05, 4.69) is 30.8 Å². The quantitative estimate of drug-likeness (QED) is 0.861. The first-order valence-corrected chi connectivity index (χ1v) is 6.25. The third-order valence-electron chi connectivity index (χ3n) is 3.74. The van der Waals surface area contributed by atoms with Crippen molar-refractivity contribution >= 4 is 5.97 Å². The molecule has 0 unspecified atom stereocenters. The summed E-state index contributed by atoms with van der Waals surface area (Å²) in [5, 5.41) is 13.5. The molecule has 100 valence electrons. The molecule has 0 radical (unpaired) electrons. The van der Waals surface area contributed by atoms with Gasteiger partial charge in [-0.2, -0.15) is 5.10 Å². The van der Waals surface area contributed by atoms with Gasteiger partial charge in [0.2, 0.25) is 0 Å². The normalized spacial score (nSPS) is 25.6. The summed E-state index contributed by atoms with van der Waals surface area (Å²) < 4.78 is 1.73. The van der Waals surface area contributed by atoms with E-state index >= 15 is 0 Å². The maximum absolute atomic E-state index is 11.4. The van der Waals surface area contributed by atoms with Crippen molar-refractivity contribution in [2.45, 2.75) is 32.2 Å². The summed E-state index contributed by atoms with van der Waals surface area (Å²) in [6, 6.07) is 0. The molecule has 1 fully saturated rings. The molecule has 1 saturated heterocycles. The first-order chi connectivity index (χ1) is 8.29. The van der Waals surface area contributed by atoms with Gasteiger partial charge in [0.15, 0.2) is 0 Å². The Bertz CT molecular complexity index is 447. The number of nitrogens with zero attached hydrogens (tertiary/aromatic N) is 3. The van der Waals surface area contributed by atoms with Crippen LogP contribution in [0.1, 0.15) is 32.3 Å². The molecule has 2 heterocycles. The second kappa shape index (κ2) is 4.39. The van der Waals surface area contributed by atoms with Crippen molar-refractivity contribution in [2.75, 3.05) is 13.1 Å². The number of aryl methyl sites for hydroxylation is 1. The van der Waals surface area contributed by atoms with Gasteiger partial charge in [0.05, 0.1) is 12.1 Å². The largest absolute Gasteiger partial charge is 0.481 e. The van der Waals surface area contributed by atoms with Crippen LogP contribution in [0.3, 0.4) is 0 Å². The Hall–Kier alpha value is -1.36. The van der Waals surface area contributed by atoms with Gasteiger partial charge in [-0.05, 0) is 26.3 Å². The van der Waals surface area contributed by atoms with Crippen LogP contribution in [0.15, 0.2) is 12.4 Å². The highest BCUT2D eigenvalue weighted by molar-refractivity contribution is 5.72. The van der Waals surface area contributed by atoms with Crippen LogP contribution in [0.5, 0.6) is 0 Å². The molecule has 1 aromatic heterocycles. The van der Waals surface area contributed by atoms with E-state index in [0.29, 0.717) is 6.54 Å². The Labute approximate surface area is 107 Å². The van der Waals surface area contributed by atoms with E-state index < -0.39 is 5.97 Å². The molecule has 1 N–H and O–H groups in total. The highest BCUT2D eigenvalue weighted by Crippen LogP contribution is 2.36. The minimum absolute atomic E-state index is 0.00462. The van der Waals surface area contributed by atoms with Crippen molar-refractivity contribution < 1.29 is 9.90 Å². The van der Waals surface area contributed by atoms with Crippen LogP contribution in [0.25, 0.3) is 0 Å². The molecule has 0 saturated carbocycles. The minimum atomic E-state index is -0.712. The predicted molar refractivity (Wildman–Crippen MR) is 68.4 cm³/mol. The number of hydrogen-bond donors (Lipinski definition) is 1. The van der Waals surface area contributed by atoms with E-state index in [9.17, 15) is 9.90 Å². The molecule has 5 nitrogen and oxygen atoms in total. The fraction of sp³-hybridized carbons (Fsp3) is 0.692. The van der Waals surface area contributed by atoms with Crippen molar-refractivity contribution in [1.82, 2.24) is 14.7 Å². The van der Waals surface area contributed by atoms with Crippen LogP contribution in [0.4, 0.5) is 0 Å². The van der Waals surface area contributed by atoms with E-state index in [1.165, 1.54) is 0 Å². The number of hydrogen-bond acceptors (Lipinski definition) is 3. The summed E-state index contributed by atoms with van der Waals surface area (Å²) in [5.41, 5.74) is 1.03. The maximum Gasteiger partial charge on any atom is 0.308 e. The van der Waals surface area contributed by atoms with Gasteiger partial charge in [-0.25, -0.2) is 0 Å². The highest BCUT2D eigenvalue weighted by atomic mass is 16.4. The number of aromatic nitrogens is 2. The zero-order valence-corrected chi connectivity index (χ0v) is 11.4. The molecular formula is C13H21N3O2. The SMILES string of the molecule is Cn1cc([C@@H]2CN(C(C)(C)C)C[C@H]2C(=O)O)cn1. The summed E-state index contributed by atoms with van der Waals surface area (Å²) in [4.78, 5) is 13.7. The number of carbonyl (C=O) groups is 1. The van der Waals surface area contributed by atoms with Crippen LogP contribution in [-0.2, 0) is 11.8 Å². The van der Waals surface area contributed by atoms with E-state index in [-0.39, 0.29) is 17.4 Å². The van der Waals surface area contributed by atoms with E-state index in [1.807, 2.05) is 13.2 Å². The molecule has 0 aliphatic carbocycles. The monoisotopic (exact) mass is 251 g/mol. The average molecular weight is 251 g/mol. The first kappa shape index (κ1) is 13.1. The minimum Gasteiger partial charge on any atom is -0.481 e. The molecule has 0 spiro atoms. The molecule has 0 aromatic carbocycles. The number of aliphatic carboxylic acids is 1. The lowest BCUT2D eigenvalue weighted by Gasteiger charge is -2.31. The standard InChI is InChI=1S/C13H21N3O2/c1-13(2,3)16-7-10(11(8-16)12(17)18)9-5-14-15(4)6-9/h5-6,10-11H,7-8H2,1-4H3,(H,17,18)/t10-,11+/m0/s1. The van der Waals surface area contributed by atoms with Crippen LogP contribution < -0.4 is 0 Å². The summed E-state index contributed by atoms with van der Waals surface area (Å²) in [6.45, 7) is 7.76. The third-order valence-corrected chi connectivity index (χ3v) is 3.74. The molecule has 1 aliphatic heterocycles. The summed E-state index contributed by atoms with van der Waals surface area (Å²) in [7, 11) is 1.86. The van der Waals surface area contributed by atoms with Crippen molar-refractivity contribution in [3.63, 3.8) is 0 Å². The predicted octanol–water partition coefficient (Wildman–Crippen LogP) is 1.32. The van der Waals surface area contributed by atoms with Crippen molar-refractivity contribution in [2.24, 2.45) is 13.0 Å². The van der Waals surface area contributed by atoms with E-state index in [1.54, 1.807) is 10.9 Å². The summed E-state index contributed by atoms with van der Waals surface area (Å²) in [6.07, 6.45) is 3.71. The molecule has 0 amide bonds. The van der Waals surface area contributed by atoms with Gasteiger partial charge >= 0.3 is 5.97 Å². The van der Waals surface area contributed by atoms with Gasteiger partial charge in [-0.1, -0.05) is 0 Å². The van der Waals surface area contributed by atoms with E-state index in [0.717, 1.165) is 12.1 Å². The number of carboxylic acids is 1.